The van der Waals surface area contributed by atoms with Gasteiger partial charge < -0.3 is 5.73 Å². The number of aryl methyl sites for hydroxylation is 2. The van der Waals surface area contributed by atoms with Gasteiger partial charge in [0, 0.05) is 18.0 Å². The van der Waals surface area contributed by atoms with E-state index in [4.69, 9.17) is 22.4 Å². The second-order valence-electron chi connectivity index (χ2n) is 5.75. The lowest BCUT2D eigenvalue weighted by molar-refractivity contribution is 0.706. The molecule has 0 saturated heterocycles. The maximum absolute atomic E-state index is 6.40. The Morgan fingerprint density at radius 3 is 2.68 bits per heavy atom. The molecule has 3 nitrogen and oxygen atoms in total. The van der Waals surface area contributed by atoms with E-state index in [1.54, 1.807) is 0 Å². The minimum atomic E-state index is 0.105. The van der Waals surface area contributed by atoms with Crippen LogP contribution < -0.4 is 10.7 Å². The summed E-state index contributed by atoms with van der Waals surface area (Å²) in [5.41, 5.74) is 11.5. The number of rotatable bonds is 3. The fourth-order valence-corrected chi connectivity index (χ4v) is 3.23. The molecular weight excluding hydrogens is 294 g/mol. The van der Waals surface area contributed by atoms with Crippen molar-refractivity contribution in [3.05, 3.63) is 64.2 Å². The fraction of sp³-hybridized carbons (Fsp3) is 0.278. The summed E-state index contributed by atoms with van der Waals surface area (Å²) in [7, 11) is 0. The monoisotopic (exact) mass is 313 g/mol. The second kappa shape index (κ2) is 6.11. The predicted octanol–water partition coefficient (Wildman–Crippen LogP) is 4.22. The topological polar surface area (TPSA) is 41.6 Å². The first kappa shape index (κ1) is 15.1. The normalized spacial score (nSPS) is 17.7. The maximum atomic E-state index is 6.40. The van der Waals surface area contributed by atoms with Crippen molar-refractivity contribution in [1.82, 2.24) is 0 Å². The van der Waals surface area contributed by atoms with E-state index in [2.05, 4.69) is 43.1 Å². The average Bonchev–Trinajstić information content (AvgIpc) is 2.91. The van der Waals surface area contributed by atoms with Gasteiger partial charge >= 0.3 is 0 Å². The Balaban J connectivity index is 2.05. The first-order valence-corrected chi connectivity index (χ1v) is 7.85. The summed E-state index contributed by atoms with van der Waals surface area (Å²) in [4.78, 5) is 0. The van der Waals surface area contributed by atoms with E-state index in [0.717, 1.165) is 28.4 Å². The molecule has 3 rings (SSSR count). The molecule has 0 saturated carbocycles. The van der Waals surface area contributed by atoms with Crippen molar-refractivity contribution >= 4 is 23.0 Å². The summed E-state index contributed by atoms with van der Waals surface area (Å²) in [6.07, 6.45) is 0.813. The molecule has 0 bridgehead atoms. The van der Waals surface area contributed by atoms with Crippen LogP contribution in [-0.2, 0) is 0 Å². The first-order valence-electron chi connectivity index (χ1n) is 7.47. The zero-order valence-corrected chi connectivity index (χ0v) is 13.6. The molecule has 2 N–H and O–H groups in total. The van der Waals surface area contributed by atoms with Gasteiger partial charge in [0.2, 0.25) is 0 Å². The van der Waals surface area contributed by atoms with Crippen molar-refractivity contribution in [2.75, 3.05) is 11.6 Å². The second-order valence-corrected chi connectivity index (χ2v) is 6.15. The molecule has 1 heterocycles. The molecule has 0 fully saturated rings. The van der Waals surface area contributed by atoms with Crippen LogP contribution in [0.15, 0.2) is 47.6 Å². The highest BCUT2D eigenvalue weighted by Crippen LogP contribution is 2.39. The summed E-state index contributed by atoms with van der Waals surface area (Å²) >= 11 is 6.40. The molecule has 0 radical (unpaired) electrons. The quantitative estimate of drug-likeness (QED) is 0.921. The third-order valence-corrected chi connectivity index (χ3v) is 4.42. The number of halogens is 1. The number of benzene rings is 2. The van der Waals surface area contributed by atoms with Crippen LogP contribution in [0.5, 0.6) is 0 Å². The molecule has 0 amide bonds. The molecule has 1 unspecified atom stereocenters. The van der Waals surface area contributed by atoms with Gasteiger partial charge in [0.05, 0.1) is 17.4 Å². The maximum Gasteiger partial charge on any atom is 0.0843 e. The zero-order valence-electron chi connectivity index (χ0n) is 12.9. The number of anilines is 1. The Morgan fingerprint density at radius 1 is 1.23 bits per heavy atom. The first-order chi connectivity index (χ1) is 10.6. The van der Waals surface area contributed by atoms with E-state index >= 15 is 0 Å². The zero-order chi connectivity index (χ0) is 15.7. The van der Waals surface area contributed by atoms with Crippen molar-refractivity contribution in [3.8, 4) is 0 Å². The Bertz CT molecular complexity index is 724. The molecule has 114 valence electrons. The highest BCUT2D eigenvalue weighted by molar-refractivity contribution is 6.31. The SMILES string of the molecule is Cc1ccc(N2N=C(CN)CC2c2ccccc2Cl)c(C)c1. The summed E-state index contributed by atoms with van der Waals surface area (Å²) < 4.78 is 0. The van der Waals surface area contributed by atoms with Gasteiger partial charge in [0.25, 0.3) is 0 Å². The lowest BCUT2D eigenvalue weighted by Crippen LogP contribution is -2.20. The van der Waals surface area contributed by atoms with Gasteiger partial charge in [-0.25, -0.2) is 0 Å². The smallest absolute Gasteiger partial charge is 0.0843 e. The van der Waals surface area contributed by atoms with Gasteiger partial charge in [-0.3, -0.25) is 5.01 Å². The van der Waals surface area contributed by atoms with E-state index in [1.165, 1.54) is 11.1 Å². The molecule has 1 aliphatic heterocycles. The molecule has 1 atom stereocenters. The van der Waals surface area contributed by atoms with Crippen molar-refractivity contribution < 1.29 is 0 Å². The van der Waals surface area contributed by atoms with Crippen LogP contribution in [-0.4, -0.2) is 12.3 Å². The summed E-state index contributed by atoms with van der Waals surface area (Å²) in [5.74, 6) is 0. The Labute approximate surface area is 136 Å². The van der Waals surface area contributed by atoms with Gasteiger partial charge in [-0.1, -0.05) is 47.5 Å². The van der Waals surface area contributed by atoms with Crippen LogP contribution in [0.2, 0.25) is 5.02 Å². The van der Waals surface area contributed by atoms with Crippen LogP contribution in [0, 0.1) is 13.8 Å². The van der Waals surface area contributed by atoms with E-state index in [0.29, 0.717) is 6.54 Å². The standard InChI is InChI=1S/C18H20ClN3/c1-12-7-8-17(13(2)9-12)22-18(10-14(11-20)21-22)15-5-3-4-6-16(15)19/h3-9,18H,10-11,20H2,1-2H3. The molecule has 4 heteroatoms. The van der Waals surface area contributed by atoms with Crippen molar-refractivity contribution in [2.45, 2.75) is 26.3 Å². The molecule has 0 aliphatic carbocycles. The Morgan fingerprint density at radius 2 is 2.00 bits per heavy atom. The molecule has 0 aromatic heterocycles. The van der Waals surface area contributed by atoms with E-state index in [1.807, 2.05) is 18.2 Å². The lowest BCUT2D eigenvalue weighted by atomic mass is 10.0. The van der Waals surface area contributed by atoms with Gasteiger partial charge in [-0.05, 0) is 37.1 Å². The largest absolute Gasteiger partial charge is 0.325 e. The van der Waals surface area contributed by atoms with Gasteiger partial charge in [0.15, 0.2) is 0 Å². The minimum absolute atomic E-state index is 0.105. The Kier molecular flexibility index (Phi) is 4.19. The van der Waals surface area contributed by atoms with Crippen molar-refractivity contribution in [2.24, 2.45) is 10.8 Å². The summed E-state index contributed by atoms with van der Waals surface area (Å²) in [5, 5.41) is 7.57. The molecule has 2 aromatic rings. The van der Waals surface area contributed by atoms with Crippen LogP contribution in [0.25, 0.3) is 0 Å². The Hall–Kier alpha value is -1.84. The van der Waals surface area contributed by atoms with Crippen molar-refractivity contribution in [3.63, 3.8) is 0 Å². The van der Waals surface area contributed by atoms with Crippen LogP contribution in [0.4, 0.5) is 5.69 Å². The third kappa shape index (κ3) is 2.74. The molecule has 0 spiro atoms. The van der Waals surface area contributed by atoms with Crippen molar-refractivity contribution in [1.29, 1.82) is 0 Å². The predicted molar refractivity (Wildman–Crippen MR) is 93.7 cm³/mol. The van der Waals surface area contributed by atoms with Crippen LogP contribution >= 0.6 is 11.6 Å². The summed E-state index contributed by atoms with van der Waals surface area (Å²) in [6.45, 7) is 4.69. The minimum Gasteiger partial charge on any atom is -0.325 e. The molecule has 22 heavy (non-hydrogen) atoms. The molecular formula is C18H20ClN3. The highest BCUT2D eigenvalue weighted by atomic mass is 35.5. The van der Waals surface area contributed by atoms with Gasteiger partial charge in [-0.15, -0.1) is 0 Å². The van der Waals surface area contributed by atoms with Gasteiger partial charge in [0.1, 0.15) is 0 Å². The number of hydrazone groups is 1. The van der Waals surface area contributed by atoms with Crippen LogP contribution in [0.1, 0.15) is 29.2 Å². The summed E-state index contributed by atoms with van der Waals surface area (Å²) in [6, 6.07) is 14.5. The number of nitrogens with two attached hydrogens (primary N) is 1. The molecule has 2 aromatic carbocycles. The van der Waals surface area contributed by atoms with E-state index < -0.39 is 0 Å². The lowest BCUT2D eigenvalue weighted by Gasteiger charge is -2.26. The average molecular weight is 314 g/mol. The molecule has 1 aliphatic rings. The third-order valence-electron chi connectivity index (χ3n) is 4.07. The van der Waals surface area contributed by atoms with E-state index in [9.17, 15) is 0 Å². The van der Waals surface area contributed by atoms with Crippen LogP contribution in [0.3, 0.4) is 0 Å². The van der Waals surface area contributed by atoms with Gasteiger partial charge in [-0.2, -0.15) is 5.10 Å². The number of hydrogen-bond donors (Lipinski definition) is 1. The number of nitrogens with zero attached hydrogens (tertiary/aromatic N) is 2. The van der Waals surface area contributed by atoms with E-state index in [-0.39, 0.29) is 6.04 Å². The fourth-order valence-electron chi connectivity index (χ4n) is 2.97. The number of hydrogen-bond acceptors (Lipinski definition) is 3. The highest BCUT2D eigenvalue weighted by Gasteiger charge is 2.30.